The summed E-state index contributed by atoms with van der Waals surface area (Å²) in [5, 5.41) is 0. The molecule has 0 aromatic heterocycles. The van der Waals surface area contributed by atoms with Crippen molar-refractivity contribution < 1.29 is 25.4 Å². The summed E-state index contributed by atoms with van der Waals surface area (Å²) in [5.74, 6) is -1.54. The van der Waals surface area contributed by atoms with Crippen LogP contribution >= 0.6 is 0 Å². The third kappa shape index (κ3) is 12.1. The second-order valence-corrected chi connectivity index (χ2v) is 4.07. The summed E-state index contributed by atoms with van der Waals surface area (Å²) in [6.45, 7) is 1.99. The molecule has 0 saturated heterocycles. The molecule has 0 fully saturated rings. The Hall–Kier alpha value is 0.146. The molecule has 0 aromatic carbocycles. The second-order valence-electron chi connectivity index (χ2n) is 2.67. The van der Waals surface area contributed by atoms with Crippen LogP contribution in [-0.2, 0) is 19.6 Å². The van der Waals surface area contributed by atoms with Crippen LogP contribution in [0.5, 0.6) is 0 Å². The maximum atomic E-state index is 10.8. The van der Waals surface area contributed by atoms with Crippen LogP contribution in [-0.4, -0.2) is 47.9 Å². The quantitative estimate of drug-likeness (QED) is 0.319. The molecule has 1 N–H and O–H groups in total. The predicted octanol–water partition coefficient (Wildman–Crippen LogP) is 0.799. The average molecular weight is 237 g/mol. The first kappa shape index (κ1) is 16.6. The van der Waals surface area contributed by atoms with Crippen molar-refractivity contribution in [3.63, 3.8) is 0 Å². The van der Waals surface area contributed by atoms with Crippen molar-refractivity contribution in [3.8, 4) is 0 Å². The molecule has 0 bridgehead atoms. The normalized spacial score (nSPS) is 10.4. The monoisotopic (exact) mass is 236 g/mol. The minimum atomic E-state index is -4.19. The average Bonchev–Trinajstić information content (AvgIpc) is 2.00. The molecule has 0 amide bonds. The molecule has 7 heteroatoms. The molecule has 0 heterocycles. The van der Waals surface area contributed by atoms with E-state index in [0.717, 1.165) is 12.8 Å². The predicted molar refractivity (Wildman–Crippen MR) is 54.6 cm³/mol. The number of ether oxygens (including phenoxy) is 1. The summed E-state index contributed by atoms with van der Waals surface area (Å²) in [4.78, 5) is 10.8. The van der Waals surface area contributed by atoms with Gasteiger partial charge in [0, 0.05) is 6.42 Å². The molecule has 0 aromatic rings. The number of unbranched alkanes of at least 4 members (excludes halogenated alkanes) is 2. The van der Waals surface area contributed by atoms with E-state index in [2.05, 4.69) is 4.74 Å². The standard InChI is InChI=1S/C7H14O5S.Mg.2H/c1-2-3-4-5-7(8)12-6-13(9,10)11;;;/h2-6H2,1H3,(H,9,10,11);;;/q;+2;2*-1. The van der Waals surface area contributed by atoms with Crippen molar-refractivity contribution in [1.29, 1.82) is 0 Å². The first-order chi connectivity index (χ1) is 5.95. The van der Waals surface area contributed by atoms with Crippen LogP contribution in [0.25, 0.3) is 0 Å². The molecular weight excluding hydrogens is 220 g/mol. The van der Waals surface area contributed by atoms with E-state index in [4.69, 9.17) is 4.55 Å². The Labute approximate surface area is 103 Å². The Morgan fingerprint density at radius 3 is 2.43 bits per heavy atom. The van der Waals surface area contributed by atoms with Gasteiger partial charge in [-0.15, -0.1) is 0 Å². The molecule has 0 aliphatic carbocycles. The van der Waals surface area contributed by atoms with Gasteiger partial charge in [0.05, 0.1) is 0 Å². The molecular formula is C7H16MgO5S. The molecule has 14 heavy (non-hydrogen) atoms. The van der Waals surface area contributed by atoms with Gasteiger partial charge in [-0.3, -0.25) is 9.35 Å². The molecule has 0 rings (SSSR count). The first-order valence-electron chi connectivity index (χ1n) is 4.06. The molecule has 82 valence electrons. The zero-order valence-corrected chi connectivity index (χ0v) is 10.5. The second kappa shape index (κ2) is 8.45. The molecule has 0 saturated carbocycles. The minimum absolute atomic E-state index is 0. The zero-order chi connectivity index (χ0) is 10.3. The van der Waals surface area contributed by atoms with Crippen LogP contribution in [0.1, 0.15) is 35.5 Å². The Morgan fingerprint density at radius 2 is 2.00 bits per heavy atom. The van der Waals surface area contributed by atoms with Crippen molar-refractivity contribution in [2.45, 2.75) is 32.6 Å². The number of carbonyl (C=O) groups is 1. The number of carbonyl (C=O) groups excluding carboxylic acids is 1. The Balaban J connectivity index is -0.000000240. The molecule has 0 aliphatic rings. The van der Waals surface area contributed by atoms with Gasteiger partial charge in [-0.2, -0.15) is 8.42 Å². The third-order valence-corrected chi connectivity index (χ3v) is 1.77. The van der Waals surface area contributed by atoms with Crippen molar-refractivity contribution in [2.75, 3.05) is 5.94 Å². The van der Waals surface area contributed by atoms with Gasteiger partial charge in [-0.05, 0) is 6.42 Å². The van der Waals surface area contributed by atoms with Crippen molar-refractivity contribution >= 4 is 39.1 Å². The van der Waals surface area contributed by atoms with E-state index in [1.54, 1.807) is 0 Å². The van der Waals surface area contributed by atoms with E-state index in [9.17, 15) is 13.2 Å². The van der Waals surface area contributed by atoms with Gasteiger partial charge in [-0.1, -0.05) is 19.8 Å². The van der Waals surface area contributed by atoms with E-state index < -0.39 is 22.0 Å². The van der Waals surface area contributed by atoms with Crippen molar-refractivity contribution in [3.05, 3.63) is 0 Å². The molecule has 0 atom stereocenters. The van der Waals surface area contributed by atoms with Crippen LogP contribution in [0.4, 0.5) is 0 Å². The van der Waals surface area contributed by atoms with E-state index in [-0.39, 0.29) is 32.3 Å². The summed E-state index contributed by atoms with van der Waals surface area (Å²) in [5.41, 5.74) is 0. The number of hydrogen-bond donors (Lipinski definition) is 1. The van der Waals surface area contributed by atoms with Gasteiger partial charge in [0.15, 0.2) is 0 Å². The summed E-state index contributed by atoms with van der Waals surface area (Å²) in [6.07, 6.45) is 2.76. The van der Waals surface area contributed by atoms with Crippen LogP contribution in [0.2, 0.25) is 0 Å². The molecule has 0 aliphatic heterocycles. The smallest absolute Gasteiger partial charge is 1.00 e. The van der Waals surface area contributed by atoms with Gasteiger partial charge in [0.25, 0.3) is 0 Å². The van der Waals surface area contributed by atoms with Crippen LogP contribution in [0, 0.1) is 0 Å². The van der Waals surface area contributed by atoms with Gasteiger partial charge in [-0.25, -0.2) is 0 Å². The Morgan fingerprint density at radius 1 is 1.43 bits per heavy atom. The van der Waals surface area contributed by atoms with E-state index in [0.29, 0.717) is 6.42 Å². The van der Waals surface area contributed by atoms with E-state index >= 15 is 0 Å². The SMILES string of the molecule is CCCCCC(=O)OCS(=O)(=O)O.[H-].[H-].[Mg+2]. The van der Waals surface area contributed by atoms with Gasteiger partial charge < -0.3 is 7.59 Å². The molecule has 0 radical (unpaired) electrons. The maximum Gasteiger partial charge on any atom is 2.00 e. The summed E-state index contributed by atoms with van der Waals surface area (Å²) < 4.78 is 32.8. The fourth-order valence-electron chi connectivity index (χ4n) is 0.732. The summed E-state index contributed by atoms with van der Waals surface area (Å²) in [7, 11) is -4.19. The molecule has 5 nitrogen and oxygen atoms in total. The third-order valence-electron chi connectivity index (χ3n) is 1.35. The van der Waals surface area contributed by atoms with Crippen molar-refractivity contribution in [1.82, 2.24) is 0 Å². The van der Waals surface area contributed by atoms with E-state index in [1.807, 2.05) is 6.92 Å². The van der Waals surface area contributed by atoms with Crippen LogP contribution in [0.15, 0.2) is 0 Å². The summed E-state index contributed by atoms with van der Waals surface area (Å²) in [6, 6.07) is 0. The van der Waals surface area contributed by atoms with Crippen LogP contribution < -0.4 is 0 Å². The van der Waals surface area contributed by atoms with Crippen molar-refractivity contribution in [2.24, 2.45) is 0 Å². The minimum Gasteiger partial charge on any atom is -1.00 e. The topological polar surface area (TPSA) is 80.7 Å². The largest absolute Gasteiger partial charge is 2.00 e. The first-order valence-corrected chi connectivity index (χ1v) is 5.67. The van der Waals surface area contributed by atoms with Gasteiger partial charge in [0.2, 0.25) is 5.94 Å². The number of esters is 1. The molecule has 0 unspecified atom stereocenters. The summed E-state index contributed by atoms with van der Waals surface area (Å²) >= 11 is 0. The fourth-order valence-corrected chi connectivity index (χ4v) is 1.01. The van der Waals surface area contributed by atoms with Gasteiger partial charge >= 0.3 is 39.1 Å². The number of rotatable bonds is 6. The maximum absolute atomic E-state index is 10.8. The van der Waals surface area contributed by atoms with Gasteiger partial charge in [0.1, 0.15) is 0 Å². The van der Waals surface area contributed by atoms with Crippen LogP contribution in [0.3, 0.4) is 0 Å². The number of hydrogen-bond acceptors (Lipinski definition) is 4. The van der Waals surface area contributed by atoms with E-state index in [1.165, 1.54) is 0 Å². The molecule has 0 spiro atoms. The Kier molecular flexibility index (Phi) is 10.0. The zero-order valence-electron chi connectivity index (χ0n) is 10.2. The fraction of sp³-hybridized carbons (Fsp3) is 0.857. The Bertz CT molecular complexity index is 258.